The van der Waals surface area contributed by atoms with E-state index in [-0.39, 0.29) is 11.9 Å². The Kier molecular flexibility index (Phi) is 5.30. The van der Waals surface area contributed by atoms with Crippen LogP contribution in [0.2, 0.25) is 0 Å². The molecule has 2 aromatic carbocycles. The van der Waals surface area contributed by atoms with E-state index in [1.165, 1.54) is 33.5 Å². The molecule has 0 aliphatic heterocycles. The van der Waals surface area contributed by atoms with E-state index in [4.69, 9.17) is 18.6 Å². The van der Waals surface area contributed by atoms with Gasteiger partial charge < -0.3 is 23.9 Å². The lowest BCUT2D eigenvalue weighted by Gasteiger charge is -2.12. The van der Waals surface area contributed by atoms with Crippen molar-refractivity contribution in [2.75, 3.05) is 26.6 Å². The Morgan fingerprint density at radius 3 is 2.00 bits per heavy atom. The molecule has 0 amide bonds. The van der Waals surface area contributed by atoms with Crippen molar-refractivity contribution in [2.24, 2.45) is 0 Å². The van der Waals surface area contributed by atoms with Crippen molar-refractivity contribution < 1.29 is 31.8 Å². The minimum Gasteiger partial charge on any atom is -0.493 e. The number of ether oxygens (including phenoxy) is 3. The van der Waals surface area contributed by atoms with E-state index in [0.717, 1.165) is 12.1 Å². The van der Waals surface area contributed by atoms with Gasteiger partial charge in [0, 0.05) is 11.3 Å². The summed E-state index contributed by atoms with van der Waals surface area (Å²) in [6.07, 6.45) is -4.40. The fraction of sp³-hybridized carbons (Fsp3) is 0.222. The number of alkyl halides is 3. The second kappa shape index (κ2) is 7.67. The normalized spacial score (nSPS) is 11.2. The average molecular weight is 395 g/mol. The molecule has 0 atom stereocenters. The highest BCUT2D eigenvalue weighted by Gasteiger charge is 2.30. The van der Waals surface area contributed by atoms with Gasteiger partial charge in [0.1, 0.15) is 0 Å². The second-order valence-corrected chi connectivity index (χ2v) is 5.53. The molecule has 0 spiro atoms. The van der Waals surface area contributed by atoms with Gasteiger partial charge in [-0.25, -0.2) is 0 Å². The highest BCUT2D eigenvalue weighted by atomic mass is 19.4. The first-order valence-electron chi connectivity index (χ1n) is 7.94. The van der Waals surface area contributed by atoms with Crippen LogP contribution < -0.4 is 19.5 Å². The molecule has 1 N–H and O–H groups in total. The molecule has 0 saturated carbocycles. The molecule has 1 aromatic heterocycles. The minimum atomic E-state index is -4.40. The van der Waals surface area contributed by atoms with E-state index in [2.05, 4.69) is 15.5 Å². The molecular weight excluding hydrogens is 379 g/mol. The molecule has 7 nitrogen and oxygen atoms in total. The summed E-state index contributed by atoms with van der Waals surface area (Å²) in [4.78, 5) is 0. The van der Waals surface area contributed by atoms with Crippen LogP contribution in [0.5, 0.6) is 17.2 Å². The number of hydrogen-bond acceptors (Lipinski definition) is 7. The molecular formula is C18H16F3N3O4. The maximum absolute atomic E-state index is 12.6. The smallest absolute Gasteiger partial charge is 0.416 e. The number of rotatable bonds is 6. The molecule has 1 heterocycles. The standard InChI is InChI=1S/C18H16F3N3O4/c1-25-13-8-10(9-14(26-2)15(13)27-3)16-23-24-17(28-16)22-12-6-4-11(5-7-12)18(19,20)21/h4-9H,1-3H3,(H,22,24). The van der Waals surface area contributed by atoms with Crippen molar-refractivity contribution in [3.05, 3.63) is 42.0 Å². The van der Waals surface area contributed by atoms with Crippen molar-refractivity contribution in [3.63, 3.8) is 0 Å². The number of anilines is 2. The lowest BCUT2D eigenvalue weighted by molar-refractivity contribution is -0.137. The van der Waals surface area contributed by atoms with Crippen LogP contribution in [-0.4, -0.2) is 31.5 Å². The zero-order valence-corrected chi connectivity index (χ0v) is 15.1. The number of benzene rings is 2. The average Bonchev–Trinajstić information content (AvgIpc) is 3.15. The van der Waals surface area contributed by atoms with Crippen LogP contribution in [0.1, 0.15) is 5.56 Å². The predicted octanol–water partition coefficient (Wildman–Crippen LogP) is 4.52. The topological polar surface area (TPSA) is 78.6 Å². The van der Waals surface area contributed by atoms with Crippen molar-refractivity contribution in [1.82, 2.24) is 10.2 Å². The van der Waals surface area contributed by atoms with E-state index in [9.17, 15) is 13.2 Å². The quantitative estimate of drug-likeness (QED) is 0.657. The van der Waals surface area contributed by atoms with Crippen LogP contribution in [0.15, 0.2) is 40.8 Å². The lowest BCUT2D eigenvalue weighted by Crippen LogP contribution is -2.04. The summed E-state index contributed by atoms with van der Waals surface area (Å²) in [7, 11) is 4.44. The third-order valence-corrected chi connectivity index (χ3v) is 3.80. The van der Waals surface area contributed by atoms with Crippen molar-refractivity contribution in [1.29, 1.82) is 0 Å². The molecule has 0 bridgehead atoms. The predicted molar refractivity (Wildman–Crippen MR) is 94.1 cm³/mol. The number of nitrogens with one attached hydrogen (secondary N) is 1. The molecule has 0 aliphatic carbocycles. The van der Waals surface area contributed by atoms with Gasteiger partial charge in [-0.1, -0.05) is 5.10 Å². The van der Waals surface area contributed by atoms with Gasteiger partial charge in [0.25, 0.3) is 0 Å². The third kappa shape index (κ3) is 3.95. The van der Waals surface area contributed by atoms with E-state index < -0.39 is 11.7 Å². The van der Waals surface area contributed by atoms with Crippen LogP contribution in [0.25, 0.3) is 11.5 Å². The summed E-state index contributed by atoms with van der Waals surface area (Å²) in [5.41, 5.74) is 0.136. The Bertz CT molecular complexity index is 930. The van der Waals surface area contributed by atoms with Crippen LogP contribution >= 0.6 is 0 Å². The number of nitrogens with zero attached hydrogens (tertiary/aromatic N) is 2. The SMILES string of the molecule is COc1cc(-c2nnc(Nc3ccc(C(F)(F)F)cc3)o2)cc(OC)c1OC. The second-order valence-electron chi connectivity index (χ2n) is 5.53. The van der Waals surface area contributed by atoms with Gasteiger partial charge in [-0.2, -0.15) is 13.2 Å². The van der Waals surface area contributed by atoms with Gasteiger partial charge >= 0.3 is 12.2 Å². The van der Waals surface area contributed by atoms with Gasteiger partial charge in [-0.15, -0.1) is 5.10 Å². The molecule has 0 saturated heterocycles. The van der Waals surface area contributed by atoms with E-state index in [1.807, 2.05) is 0 Å². The van der Waals surface area contributed by atoms with Gasteiger partial charge in [-0.3, -0.25) is 0 Å². The van der Waals surface area contributed by atoms with Gasteiger partial charge in [0.05, 0.1) is 26.9 Å². The van der Waals surface area contributed by atoms with E-state index in [1.54, 1.807) is 12.1 Å². The molecule has 0 aliphatic rings. The Balaban J connectivity index is 1.84. The fourth-order valence-electron chi connectivity index (χ4n) is 2.46. The Morgan fingerprint density at radius 1 is 0.893 bits per heavy atom. The first-order valence-corrected chi connectivity index (χ1v) is 7.94. The van der Waals surface area contributed by atoms with E-state index in [0.29, 0.717) is 28.5 Å². The summed E-state index contributed by atoms with van der Waals surface area (Å²) >= 11 is 0. The Hall–Kier alpha value is -3.43. The molecule has 3 rings (SSSR count). The van der Waals surface area contributed by atoms with Crippen LogP contribution in [-0.2, 0) is 6.18 Å². The molecule has 0 radical (unpaired) electrons. The molecule has 0 unspecified atom stereocenters. The third-order valence-electron chi connectivity index (χ3n) is 3.80. The van der Waals surface area contributed by atoms with Crippen LogP contribution in [0, 0.1) is 0 Å². The Morgan fingerprint density at radius 2 is 1.50 bits per heavy atom. The van der Waals surface area contributed by atoms with Crippen molar-refractivity contribution in [2.45, 2.75) is 6.18 Å². The highest BCUT2D eigenvalue weighted by Crippen LogP contribution is 2.41. The maximum atomic E-state index is 12.6. The summed E-state index contributed by atoms with van der Waals surface area (Å²) in [5, 5.41) is 10.5. The monoisotopic (exact) mass is 395 g/mol. The number of halogens is 3. The fourth-order valence-corrected chi connectivity index (χ4v) is 2.46. The van der Waals surface area contributed by atoms with Crippen molar-refractivity contribution in [3.8, 4) is 28.7 Å². The summed E-state index contributed by atoms with van der Waals surface area (Å²) in [6.45, 7) is 0. The lowest BCUT2D eigenvalue weighted by atomic mass is 10.2. The van der Waals surface area contributed by atoms with Crippen LogP contribution in [0.3, 0.4) is 0 Å². The zero-order chi connectivity index (χ0) is 20.3. The van der Waals surface area contributed by atoms with Crippen molar-refractivity contribution >= 4 is 11.7 Å². The first kappa shape index (κ1) is 19.3. The largest absolute Gasteiger partial charge is 0.493 e. The maximum Gasteiger partial charge on any atom is 0.416 e. The first-order chi connectivity index (χ1) is 13.4. The highest BCUT2D eigenvalue weighted by molar-refractivity contribution is 5.66. The minimum absolute atomic E-state index is 0.0171. The van der Waals surface area contributed by atoms with Crippen LogP contribution in [0.4, 0.5) is 24.9 Å². The summed E-state index contributed by atoms with van der Waals surface area (Å²) < 4.78 is 59.2. The van der Waals surface area contributed by atoms with Gasteiger partial charge in [-0.05, 0) is 36.4 Å². The molecule has 0 fully saturated rings. The summed E-state index contributed by atoms with van der Waals surface area (Å²) in [6, 6.07) is 7.74. The molecule has 3 aromatic rings. The number of aromatic nitrogens is 2. The summed E-state index contributed by atoms with van der Waals surface area (Å²) in [5.74, 6) is 1.39. The zero-order valence-electron chi connectivity index (χ0n) is 15.1. The molecule has 10 heteroatoms. The van der Waals surface area contributed by atoms with E-state index >= 15 is 0 Å². The van der Waals surface area contributed by atoms with Gasteiger partial charge in [0.15, 0.2) is 11.5 Å². The Labute approximate surface area is 158 Å². The molecule has 28 heavy (non-hydrogen) atoms. The molecule has 148 valence electrons. The number of methoxy groups -OCH3 is 3. The number of hydrogen-bond donors (Lipinski definition) is 1. The van der Waals surface area contributed by atoms with Gasteiger partial charge in [0.2, 0.25) is 11.6 Å².